The number of aromatic nitrogens is 6. The number of carbonyl (C=O) groups excluding carboxylic acids is 1. The number of carbonyl (C=O) groups is 2. The van der Waals surface area contributed by atoms with Gasteiger partial charge in [-0.15, -0.1) is 16.4 Å². The van der Waals surface area contributed by atoms with E-state index in [1.165, 1.54) is 22.3 Å². The van der Waals surface area contributed by atoms with Crippen LogP contribution in [0.25, 0.3) is 16.9 Å². The first-order valence-corrected chi connectivity index (χ1v) is 12.1. The first-order valence-electron chi connectivity index (χ1n) is 10.9. The molecule has 0 aromatic carbocycles. The van der Waals surface area contributed by atoms with E-state index in [2.05, 4.69) is 30.6 Å². The van der Waals surface area contributed by atoms with Gasteiger partial charge in [0.1, 0.15) is 17.5 Å². The first-order chi connectivity index (χ1) is 16.9. The number of aryl methyl sites for hydroxylation is 1. The molecule has 14 heteroatoms. The Labute approximate surface area is 208 Å². The van der Waals surface area contributed by atoms with E-state index in [-0.39, 0.29) is 24.9 Å². The van der Waals surface area contributed by atoms with E-state index in [1.807, 2.05) is 6.07 Å². The SMILES string of the molecule is Nc1ncnn2c(-c3cn(CCC(=O)O)nn3)cc(N3CCC[C@@H](NC(=O)c4ccc(Cl)s4)C3)c12. The topological polar surface area (TPSA) is 157 Å². The van der Waals surface area contributed by atoms with Crippen molar-refractivity contribution in [2.75, 3.05) is 23.7 Å². The fourth-order valence-corrected chi connectivity index (χ4v) is 5.16. The van der Waals surface area contributed by atoms with E-state index >= 15 is 0 Å². The van der Waals surface area contributed by atoms with Crippen LogP contribution in [0.1, 0.15) is 28.9 Å². The van der Waals surface area contributed by atoms with Gasteiger partial charge in [-0.1, -0.05) is 16.8 Å². The van der Waals surface area contributed by atoms with Gasteiger partial charge >= 0.3 is 5.97 Å². The Morgan fingerprint density at radius 3 is 2.97 bits per heavy atom. The summed E-state index contributed by atoms with van der Waals surface area (Å²) in [6.07, 6.45) is 4.72. The molecule has 4 aromatic heterocycles. The summed E-state index contributed by atoms with van der Waals surface area (Å²) in [7, 11) is 0. The number of anilines is 2. The highest BCUT2D eigenvalue weighted by Gasteiger charge is 2.27. The van der Waals surface area contributed by atoms with Gasteiger partial charge in [-0.25, -0.2) is 9.50 Å². The summed E-state index contributed by atoms with van der Waals surface area (Å²) in [4.78, 5) is 30.4. The second kappa shape index (κ2) is 9.50. The van der Waals surface area contributed by atoms with E-state index in [0.29, 0.717) is 38.5 Å². The number of nitrogens with one attached hydrogen (secondary N) is 1. The Bertz CT molecular complexity index is 1400. The molecule has 5 rings (SSSR count). The van der Waals surface area contributed by atoms with Gasteiger partial charge in [0, 0.05) is 19.1 Å². The normalized spacial score (nSPS) is 16.0. The lowest BCUT2D eigenvalue weighted by atomic mass is 10.0. The number of amides is 1. The summed E-state index contributed by atoms with van der Waals surface area (Å²) in [6, 6.07) is 5.30. The zero-order valence-electron chi connectivity index (χ0n) is 18.5. The van der Waals surface area contributed by atoms with Crippen molar-refractivity contribution in [3.63, 3.8) is 0 Å². The highest BCUT2D eigenvalue weighted by Crippen LogP contribution is 2.34. The molecule has 35 heavy (non-hydrogen) atoms. The lowest BCUT2D eigenvalue weighted by Gasteiger charge is -2.34. The molecular formula is C21H22ClN9O3S. The summed E-state index contributed by atoms with van der Waals surface area (Å²) in [5, 5.41) is 24.6. The number of piperidine rings is 1. The van der Waals surface area contributed by atoms with Crippen LogP contribution in [0.2, 0.25) is 4.34 Å². The molecule has 1 aliphatic rings. The van der Waals surface area contributed by atoms with Crippen LogP contribution in [0.4, 0.5) is 11.5 Å². The summed E-state index contributed by atoms with van der Waals surface area (Å²) in [5.74, 6) is -0.734. The Kier molecular flexibility index (Phi) is 6.26. The number of hydrogen-bond donors (Lipinski definition) is 3. The van der Waals surface area contributed by atoms with Crippen molar-refractivity contribution in [3.05, 3.63) is 39.9 Å². The van der Waals surface area contributed by atoms with Gasteiger partial charge in [0.15, 0.2) is 5.82 Å². The minimum atomic E-state index is -0.910. The van der Waals surface area contributed by atoms with Gasteiger partial charge < -0.3 is 21.1 Å². The molecule has 1 atom stereocenters. The highest BCUT2D eigenvalue weighted by molar-refractivity contribution is 7.18. The third-order valence-corrected chi connectivity index (χ3v) is 7.04. The second-order valence-electron chi connectivity index (χ2n) is 8.19. The molecule has 4 aromatic rings. The Morgan fingerprint density at radius 1 is 1.34 bits per heavy atom. The van der Waals surface area contributed by atoms with E-state index in [9.17, 15) is 9.59 Å². The third kappa shape index (κ3) is 4.77. The van der Waals surface area contributed by atoms with Gasteiger partial charge in [-0.05, 0) is 31.0 Å². The molecule has 1 aliphatic heterocycles. The van der Waals surface area contributed by atoms with E-state index < -0.39 is 5.97 Å². The number of nitrogens with two attached hydrogens (primary N) is 1. The van der Waals surface area contributed by atoms with Gasteiger partial charge in [-0.2, -0.15) is 5.10 Å². The van der Waals surface area contributed by atoms with Gasteiger partial charge in [0.25, 0.3) is 5.91 Å². The van der Waals surface area contributed by atoms with Gasteiger partial charge in [0.2, 0.25) is 0 Å². The maximum atomic E-state index is 12.6. The zero-order chi connectivity index (χ0) is 24.5. The summed E-state index contributed by atoms with van der Waals surface area (Å²) < 4.78 is 3.72. The zero-order valence-corrected chi connectivity index (χ0v) is 20.0. The van der Waals surface area contributed by atoms with Gasteiger partial charge in [-0.3, -0.25) is 14.3 Å². The number of fused-ring (bicyclic) bond motifs is 1. The maximum absolute atomic E-state index is 12.6. The van der Waals surface area contributed by atoms with Crippen LogP contribution in [-0.4, -0.2) is 65.7 Å². The molecule has 12 nitrogen and oxygen atoms in total. The summed E-state index contributed by atoms with van der Waals surface area (Å²) in [6.45, 7) is 1.57. The molecule has 1 fully saturated rings. The third-order valence-electron chi connectivity index (χ3n) is 5.81. The van der Waals surface area contributed by atoms with Crippen LogP contribution >= 0.6 is 22.9 Å². The van der Waals surface area contributed by atoms with Crippen LogP contribution < -0.4 is 16.0 Å². The molecule has 0 unspecified atom stereocenters. The van der Waals surface area contributed by atoms with Crippen molar-refractivity contribution in [3.8, 4) is 11.4 Å². The Balaban J connectivity index is 1.42. The molecule has 0 aliphatic carbocycles. The minimum absolute atomic E-state index is 0.0572. The maximum Gasteiger partial charge on any atom is 0.305 e. The quantitative estimate of drug-likeness (QED) is 0.335. The monoisotopic (exact) mass is 515 g/mol. The van der Waals surface area contributed by atoms with E-state index in [4.69, 9.17) is 22.4 Å². The Morgan fingerprint density at radius 2 is 2.20 bits per heavy atom. The van der Waals surface area contributed by atoms with Crippen molar-refractivity contribution >= 4 is 51.8 Å². The fraction of sp³-hybridized carbons (Fsp3) is 0.333. The molecule has 0 saturated carbocycles. The number of thiophene rings is 1. The van der Waals surface area contributed by atoms with E-state index in [1.54, 1.807) is 22.8 Å². The average Bonchev–Trinajstić information content (AvgIpc) is 3.56. The molecular weight excluding hydrogens is 494 g/mol. The molecule has 1 saturated heterocycles. The average molecular weight is 516 g/mol. The van der Waals surface area contributed by atoms with Crippen LogP contribution in [0.15, 0.2) is 30.7 Å². The second-order valence-corrected chi connectivity index (χ2v) is 9.91. The smallest absolute Gasteiger partial charge is 0.305 e. The number of hydrogen-bond acceptors (Lipinski definition) is 9. The van der Waals surface area contributed by atoms with Crippen molar-refractivity contribution in [2.45, 2.75) is 31.8 Å². The standard InChI is InChI=1S/C21H22ClN9O3S/c22-17-4-3-16(35-17)21(34)26-12-2-1-6-29(9-12)15-8-14(31-19(15)20(23)24-11-25-31)13-10-30(28-27-13)7-5-18(32)33/h3-4,8,10-12H,1-2,5-7,9H2,(H,26,34)(H,32,33)(H2,23,24,25)/t12-/m1/s1. The predicted octanol–water partition coefficient (Wildman–Crippen LogP) is 2.16. The first kappa shape index (κ1) is 23.1. The Hall–Kier alpha value is -3.71. The number of nitrogens with zero attached hydrogens (tertiary/aromatic N) is 7. The molecule has 0 bridgehead atoms. The van der Waals surface area contributed by atoms with Crippen molar-refractivity contribution in [1.29, 1.82) is 0 Å². The molecule has 5 heterocycles. The molecule has 4 N–H and O–H groups in total. The minimum Gasteiger partial charge on any atom is -0.481 e. The number of aliphatic carboxylic acids is 1. The van der Waals surface area contributed by atoms with Crippen LogP contribution in [-0.2, 0) is 11.3 Å². The number of nitrogen functional groups attached to an aromatic ring is 1. The van der Waals surface area contributed by atoms with Crippen LogP contribution in [0.5, 0.6) is 0 Å². The number of rotatable bonds is 7. The number of halogens is 1. The number of carboxylic acid groups (broad SMARTS) is 1. The lowest BCUT2D eigenvalue weighted by molar-refractivity contribution is -0.137. The van der Waals surface area contributed by atoms with Crippen molar-refractivity contribution < 1.29 is 14.7 Å². The predicted molar refractivity (Wildman–Crippen MR) is 131 cm³/mol. The largest absolute Gasteiger partial charge is 0.481 e. The summed E-state index contributed by atoms with van der Waals surface area (Å²) in [5.41, 5.74) is 8.91. The van der Waals surface area contributed by atoms with Crippen molar-refractivity contribution in [1.82, 2.24) is 34.9 Å². The number of carboxylic acids is 1. The fourth-order valence-electron chi connectivity index (χ4n) is 4.21. The highest BCUT2D eigenvalue weighted by atomic mass is 35.5. The lowest BCUT2D eigenvalue weighted by Crippen LogP contribution is -2.47. The molecule has 182 valence electrons. The summed E-state index contributed by atoms with van der Waals surface area (Å²) >= 11 is 7.22. The van der Waals surface area contributed by atoms with Crippen LogP contribution in [0.3, 0.4) is 0 Å². The molecule has 0 radical (unpaired) electrons. The van der Waals surface area contributed by atoms with Crippen molar-refractivity contribution in [2.24, 2.45) is 0 Å². The molecule has 1 amide bonds. The van der Waals surface area contributed by atoms with Gasteiger partial charge in [0.05, 0.1) is 39.8 Å². The van der Waals surface area contributed by atoms with E-state index in [0.717, 1.165) is 25.1 Å². The van der Waals surface area contributed by atoms with Crippen LogP contribution in [0, 0.1) is 0 Å². The molecule has 0 spiro atoms.